The fraction of sp³-hybridized carbons (Fsp3) is 0.812. The normalized spacial score (nSPS) is 40.0. The Hall–Kier alpha value is -0.830. The summed E-state index contributed by atoms with van der Waals surface area (Å²) >= 11 is 0. The molecular formula is C16H25N3. The smallest absolute Gasteiger partial charge is 0.107 e. The third kappa shape index (κ3) is 1.85. The molecule has 3 heteroatoms. The molecule has 3 nitrogen and oxygen atoms in total. The van der Waals surface area contributed by atoms with E-state index in [4.69, 9.17) is 10.7 Å². The highest BCUT2D eigenvalue weighted by Gasteiger charge is 2.49. The lowest BCUT2D eigenvalue weighted by molar-refractivity contribution is -0.00426. The quantitative estimate of drug-likeness (QED) is 0.877. The van der Waals surface area contributed by atoms with Gasteiger partial charge in [0, 0.05) is 18.0 Å². The number of H-pyrrole nitrogens is 1. The molecule has 0 spiro atoms. The first kappa shape index (κ1) is 12.0. The second-order valence-corrected chi connectivity index (χ2v) is 7.19. The first-order valence-corrected chi connectivity index (χ1v) is 8.00. The van der Waals surface area contributed by atoms with Gasteiger partial charge in [-0.3, -0.25) is 0 Å². The van der Waals surface area contributed by atoms with E-state index in [1.165, 1.54) is 43.5 Å². The summed E-state index contributed by atoms with van der Waals surface area (Å²) in [4.78, 5) is 8.37. The van der Waals surface area contributed by atoms with E-state index in [9.17, 15) is 0 Å². The molecule has 1 heterocycles. The van der Waals surface area contributed by atoms with Crippen LogP contribution in [-0.2, 0) is 6.42 Å². The number of aryl methyl sites for hydroxylation is 1. The molecule has 104 valence electrons. The van der Waals surface area contributed by atoms with Gasteiger partial charge in [0.25, 0.3) is 0 Å². The standard InChI is InChI=1S/C16H25N3/c1-9-16(19-14(18-9)2-3-17)15-12-5-10-4-11(7-12)8-13(15)6-10/h10-13,15H,2-8,17H2,1H3,(H,18,19). The van der Waals surface area contributed by atoms with Crippen LogP contribution in [0.4, 0.5) is 0 Å². The van der Waals surface area contributed by atoms with Crippen LogP contribution in [0.3, 0.4) is 0 Å². The van der Waals surface area contributed by atoms with Crippen molar-refractivity contribution in [3.63, 3.8) is 0 Å². The Balaban J connectivity index is 1.65. The van der Waals surface area contributed by atoms with Crippen molar-refractivity contribution in [3.8, 4) is 0 Å². The lowest BCUT2D eigenvalue weighted by Crippen LogP contribution is -2.44. The van der Waals surface area contributed by atoms with E-state index >= 15 is 0 Å². The summed E-state index contributed by atoms with van der Waals surface area (Å²) in [6.07, 6.45) is 8.28. The maximum absolute atomic E-state index is 5.65. The van der Waals surface area contributed by atoms with Gasteiger partial charge in [-0.2, -0.15) is 0 Å². The average Bonchev–Trinajstić information content (AvgIpc) is 2.69. The zero-order valence-corrected chi connectivity index (χ0v) is 11.9. The highest BCUT2D eigenvalue weighted by molar-refractivity contribution is 5.23. The van der Waals surface area contributed by atoms with Gasteiger partial charge in [-0.1, -0.05) is 0 Å². The first-order valence-electron chi connectivity index (χ1n) is 8.00. The number of aromatic amines is 1. The Labute approximate surface area is 115 Å². The first-order chi connectivity index (χ1) is 9.24. The van der Waals surface area contributed by atoms with Crippen molar-refractivity contribution in [2.24, 2.45) is 29.4 Å². The van der Waals surface area contributed by atoms with Crippen LogP contribution in [0, 0.1) is 30.6 Å². The van der Waals surface area contributed by atoms with Crippen molar-refractivity contribution in [2.45, 2.75) is 51.4 Å². The van der Waals surface area contributed by atoms with Gasteiger partial charge >= 0.3 is 0 Å². The minimum atomic E-state index is 0.689. The Morgan fingerprint density at radius 2 is 1.74 bits per heavy atom. The molecule has 19 heavy (non-hydrogen) atoms. The minimum Gasteiger partial charge on any atom is -0.346 e. The Morgan fingerprint density at radius 1 is 1.11 bits per heavy atom. The van der Waals surface area contributed by atoms with Gasteiger partial charge in [-0.05, 0) is 69.2 Å². The molecular weight excluding hydrogens is 234 g/mol. The second-order valence-electron chi connectivity index (χ2n) is 7.19. The van der Waals surface area contributed by atoms with E-state index in [1.807, 2.05) is 0 Å². The van der Waals surface area contributed by atoms with Gasteiger partial charge < -0.3 is 10.7 Å². The average molecular weight is 259 g/mol. The van der Waals surface area contributed by atoms with Crippen molar-refractivity contribution < 1.29 is 0 Å². The van der Waals surface area contributed by atoms with Gasteiger partial charge in [0.1, 0.15) is 5.82 Å². The van der Waals surface area contributed by atoms with Crippen LogP contribution >= 0.6 is 0 Å². The number of nitrogens with one attached hydrogen (secondary N) is 1. The van der Waals surface area contributed by atoms with Gasteiger partial charge in [-0.25, -0.2) is 4.98 Å². The molecule has 0 aromatic carbocycles. The summed E-state index contributed by atoms with van der Waals surface area (Å²) in [5.41, 5.74) is 8.35. The summed E-state index contributed by atoms with van der Waals surface area (Å²) in [5, 5.41) is 0. The summed E-state index contributed by atoms with van der Waals surface area (Å²) in [6, 6.07) is 0. The van der Waals surface area contributed by atoms with Crippen LogP contribution in [0.25, 0.3) is 0 Å². The molecule has 0 atom stereocenters. The third-order valence-electron chi connectivity index (χ3n) is 5.90. The number of aromatic nitrogens is 2. The number of imidazole rings is 1. The van der Waals surface area contributed by atoms with Crippen LogP contribution in [0.5, 0.6) is 0 Å². The lowest BCUT2D eigenvalue weighted by atomic mass is 9.51. The maximum atomic E-state index is 5.65. The van der Waals surface area contributed by atoms with Gasteiger partial charge in [0.05, 0.1) is 5.69 Å². The fourth-order valence-electron chi connectivity index (χ4n) is 5.49. The molecule has 4 bridgehead atoms. The SMILES string of the molecule is Cc1[nH]c(CCN)nc1C1C2CC3CC(C2)CC1C3. The number of nitrogens with zero attached hydrogens (tertiary/aromatic N) is 1. The number of hydrogen-bond donors (Lipinski definition) is 2. The van der Waals surface area contributed by atoms with Gasteiger partial charge in [0.15, 0.2) is 0 Å². The molecule has 1 aromatic heterocycles. The minimum absolute atomic E-state index is 0.689. The van der Waals surface area contributed by atoms with Crippen LogP contribution in [-0.4, -0.2) is 16.5 Å². The molecule has 0 amide bonds. The predicted octanol–water partition coefficient (Wildman–Crippen LogP) is 2.76. The van der Waals surface area contributed by atoms with E-state index in [0.717, 1.165) is 41.8 Å². The maximum Gasteiger partial charge on any atom is 0.107 e. The molecule has 0 unspecified atom stereocenters. The van der Waals surface area contributed by atoms with Crippen molar-refractivity contribution in [2.75, 3.05) is 6.54 Å². The number of nitrogens with two attached hydrogens (primary N) is 1. The van der Waals surface area contributed by atoms with E-state index in [0.29, 0.717) is 6.54 Å². The molecule has 4 saturated carbocycles. The number of hydrogen-bond acceptors (Lipinski definition) is 2. The highest BCUT2D eigenvalue weighted by atomic mass is 14.9. The zero-order chi connectivity index (χ0) is 13.0. The summed E-state index contributed by atoms with van der Waals surface area (Å²) in [5.74, 6) is 5.77. The largest absolute Gasteiger partial charge is 0.346 e. The van der Waals surface area contributed by atoms with Crippen LogP contribution in [0.1, 0.15) is 55.2 Å². The molecule has 4 aliphatic rings. The van der Waals surface area contributed by atoms with E-state index in [1.54, 1.807) is 0 Å². The number of rotatable bonds is 3. The molecule has 4 aliphatic carbocycles. The Morgan fingerprint density at radius 3 is 2.32 bits per heavy atom. The molecule has 0 aliphatic heterocycles. The van der Waals surface area contributed by atoms with Gasteiger partial charge in [-0.15, -0.1) is 0 Å². The lowest BCUT2D eigenvalue weighted by Gasteiger charge is -2.54. The molecule has 1 aromatic rings. The Bertz CT molecular complexity index is 448. The van der Waals surface area contributed by atoms with Crippen LogP contribution < -0.4 is 5.73 Å². The molecule has 4 fully saturated rings. The van der Waals surface area contributed by atoms with Gasteiger partial charge in [0.2, 0.25) is 0 Å². The van der Waals surface area contributed by atoms with Crippen LogP contribution in [0.2, 0.25) is 0 Å². The topological polar surface area (TPSA) is 54.7 Å². The highest BCUT2D eigenvalue weighted by Crippen LogP contribution is 2.59. The van der Waals surface area contributed by atoms with E-state index in [2.05, 4.69) is 11.9 Å². The van der Waals surface area contributed by atoms with Crippen molar-refractivity contribution in [1.29, 1.82) is 0 Å². The molecule has 5 rings (SSSR count). The third-order valence-corrected chi connectivity index (χ3v) is 5.90. The summed E-state index contributed by atoms with van der Waals surface area (Å²) in [7, 11) is 0. The van der Waals surface area contributed by atoms with Crippen molar-refractivity contribution in [3.05, 3.63) is 17.2 Å². The monoisotopic (exact) mass is 259 g/mol. The van der Waals surface area contributed by atoms with Crippen LogP contribution in [0.15, 0.2) is 0 Å². The van der Waals surface area contributed by atoms with Crippen molar-refractivity contribution >= 4 is 0 Å². The van der Waals surface area contributed by atoms with Crippen molar-refractivity contribution in [1.82, 2.24) is 9.97 Å². The fourth-order valence-corrected chi connectivity index (χ4v) is 5.49. The summed E-state index contributed by atoms with van der Waals surface area (Å²) in [6.45, 7) is 2.89. The molecule has 3 N–H and O–H groups in total. The predicted molar refractivity (Wildman–Crippen MR) is 75.9 cm³/mol. The summed E-state index contributed by atoms with van der Waals surface area (Å²) < 4.78 is 0. The molecule has 0 saturated heterocycles. The van der Waals surface area contributed by atoms with E-state index in [-0.39, 0.29) is 0 Å². The zero-order valence-electron chi connectivity index (χ0n) is 11.9. The van der Waals surface area contributed by atoms with E-state index < -0.39 is 0 Å². The second kappa shape index (κ2) is 4.34. The molecule has 0 radical (unpaired) electrons. The Kier molecular flexibility index (Phi) is 2.73.